The van der Waals surface area contributed by atoms with E-state index in [0.717, 1.165) is 17.9 Å². The summed E-state index contributed by atoms with van der Waals surface area (Å²) in [5.74, 6) is 1.88. The molecule has 0 aliphatic heterocycles. The molecule has 1 rings (SSSR count). The average molecular weight is 224 g/mol. The largest absolute Gasteiger partial charge is 0.478 e. The van der Waals surface area contributed by atoms with Gasteiger partial charge in [0, 0.05) is 6.54 Å². The summed E-state index contributed by atoms with van der Waals surface area (Å²) in [4.78, 5) is 8.26. The standard InChI is InChI=1S/C11H20N4O/c1-4-16-11-9(3)10(14-7-15-11)13-6-8(2)5-12/h7-8H,4-6,12H2,1-3H3,(H,13,14,15). The highest BCUT2D eigenvalue weighted by molar-refractivity contribution is 5.47. The molecule has 0 aliphatic carbocycles. The summed E-state index contributed by atoms with van der Waals surface area (Å²) in [5.41, 5.74) is 6.49. The monoisotopic (exact) mass is 224 g/mol. The van der Waals surface area contributed by atoms with E-state index in [2.05, 4.69) is 22.2 Å². The lowest BCUT2D eigenvalue weighted by molar-refractivity contribution is 0.324. The van der Waals surface area contributed by atoms with Crippen LogP contribution in [-0.4, -0.2) is 29.7 Å². The maximum absolute atomic E-state index is 5.55. The molecular weight excluding hydrogens is 204 g/mol. The molecule has 16 heavy (non-hydrogen) atoms. The van der Waals surface area contributed by atoms with Crippen molar-refractivity contribution in [3.8, 4) is 5.88 Å². The summed E-state index contributed by atoms with van der Waals surface area (Å²) in [6, 6.07) is 0. The molecule has 5 nitrogen and oxygen atoms in total. The first-order valence-electron chi connectivity index (χ1n) is 5.57. The summed E-state index contributed by atoms with van der Waals surface area (Å²) in [6.45, 7) is 8.05. The van der Waals surface area contributed by atoms with E-state index in [0.29, 0.717) is 24.9 Å². The number of nitrogens with zero attached hydrogens (tertiary/aromatic N) is 2. The van der Waals surface area contributed by atoms with E-state index in [1.54, 1.807) is 0 Å². The minimum Gasteiger partial charge on any atom is -0.478 e. The van der Waals surface area contributed by atoms with Gasteiger partial charge < -0.3 is 15.8 Å². The third-order valence-electron chi connectivity index (χ3n) is 2.34. The molecule has 1 heterocycles. The Balaban J connectivity index is 2.69. The van der Waals surface area contributed by atoms with E-state index < -0.39 is 0 Å². The Morgan fingerprint density at radius 2 is 2.25 bits per heavy atom. The van der Waals surface area contributed by atoms with E-state index in [1.165, 1.54) is 6.33 Å². The summed E-state index contributed by atoms with van der Waals surface area (Å²) < 4.78 is 5.39. The van der Waals surface area contributed by atoms with Gasteiger partial charge in [-0.05, 0) is 26.3 Å². The van der Waals surface area contributed by atoms with Gasteiger partial charge in [-0.25, -0.2) is 9.97 Å². The van der Waals surface area contributed by atoms with Gasteiger partial charge in [0.25, 0.3) is 0 Å². The zero-order valence-electron chi connectivity index (χ0n) is 10.2. The summed E-state index contributed by atoms with van der Waals surface area (Å²) in [5, 5.41) is 3.25. The van der Waals surface area contributed by atoms with E-state index >= 15 is 0 Å². The van der Waals surface area contributed by atoms with Crippen LogP contribution >= 0.6 is 0 Å². The summed E-state index contributed by atoms with van der Waals surface area (Å²) >= 11 is 0. The van der Waals surface area contributed by atoms with Crippen LogP contribution in [0.4, 0.5) is 5.82 Å². The molecule has 0 radical (unpaired) electrons. The lowest BCUT2D eigenvalue weighted by Gasteiger charge is -2.13. The fraction of sp³-hybridized carbons (Fsp3) is 0.636. The Morgan fingerprint density at radius 3 is 2.88 bits per heavy atom. The van der Waals surface area contributed by atoms with Gasteiger partial charge in [-0.2, -0.15) is 0 Å². The number of aromatic nitrogens is 2. The minimum atomic E-state index is 0.421. The van der Waals surface area contributed by atoms with Gasteiger partial charge in [-0.3, -0.25) is 0 Å². The lowest BCUT2D eigenvalue weighted by Crippen LogP contribution is -2.20. The molecule has 0 saturated heterocycles. The first-order chi connectivity index (χ1) is 7.69. The number of hydrogen-bond donors (Lipinski definition) is 2. The van der Waals surface area contributed by atoms with Crippen LogP contribution in [0.3, 0.4) is 0 Å². The first kappa shape index (κ1) is 12.7. The number of hydrogen-bond acceptors (Lipinski definition) is 5. The fourth-order valence-corrected chi connectivity index (χ4v) is 1.25. The second kappa shape index (κ2) is 6.27. The molecule has 0 aliphatic rings. The van der Waals surface area contributed by atoms with Crippen LogP contribution in [0, 0.1) is 12.8 Å². The van der Waals surface area contributed by atoms with Gasteiger partial charge in [0.05, 0.1) is 12.2 Å². The Hall–Kier alpha value is -1.36. The molecule has 0 saturated carbocycles. The van der Waals surface area contributed by atoms with Crippen molar-refractivity contribution in [2.45, 2.75) is 20.8 Å². The van der Waals surface area contributed by atoms with Crippen molar-refractivity contribution < 1.29 is 4.74 Å². The highest BCUT2D eigenvalue weighted by Crippen LogP contribution is 2.20. The zero-order chi connectivity index (χ0) is 12.0. The molecular formula is C11H20N4O. The molecule has 1 aromatic rings. The second-order valence-electron chi connectivity index (χ2n) is 3.81. The molecule has 0 fully saturated rings. The Bertz CT molecular complexity index is 330. The van der Waals surface area contributed by atoms with Crippen molar-refractivity contribution in [1.82, 2.24) is 9.97 Å². The fourth-order valence-electron chi connectivity index (χ4n) is 1.25. The highest BCUT2D eigenvalue weighted by atomic mass is 16.5. The Labute approximate surface area is 96.4 Å². The zero-order valence-corrected chi connectivity index (χ0v) is 10.2. The van der Waals surface area contributed by atoms with Gasteiger partial charge in [-0.15, -0.1) is 0 Å². The van der Waals surface area contributed by atoms with Crippen molar-refractivity contribution in [3.63, 3.8) is 0 Å². The maximum Gasteiger partial charge on any atom is 0.221 e. The first-order valence-corrected chi connectivity index (χ1v) is 5.57. The topological polar surface area (TPSA) is 73.1 Å². The maximum atomic E-state index is 5.55. The normalized spacial score (nSPS) is 12.2. The van der Waals surface area contributed by atoms with Gasteiger partial charge in [0.2, 0.25) is 5.88 Å². The quantitative estimate of drug-likeness (QED) is 0.759. The highest BCUT2D eigenvalue weighted by Gasteiger charge is 2.08. The Kier molecular flexibility index (Phi) is 4.98. The van der Waals surface area contributed by atoms with Crippen molar-refractivity contribution >= 4 is 5.82 Å². The van der Waals surface area contributed by atoms with Crippen LogP contribution in [0.25, 0.3) is 0 Å². The number of anilines is 1. The van der Waals surface area contributed by atoms with Gasteiger partial charge >= 0.3 is 0 Å². The van der Waals surface area contributed by atoms with Crippen LogP contribution in [0.2, 0.25) is 0 Å². The van der Waals surface area contributed by atoms with Gasteiger partial charge in [-0.1, -0.05) is 6.92 Å². The van der Waals surface area contributed by atoms with Crippen molar-refractivity contribution in [2.24, 2.45) is 11.7 Å². The molecule has 0 amide bonds. The molecule has 0 spiro atoms. The molecule has 1 atom stereocenters. The Morgan fingerprint density at radius 1 is 1.50 bits per heavy atom. The predicted molar refractivity (Wildman–Crippen MR) is 64.6 cm³/mol. The van der Waals surface area contributed by atoms with Crippen molar-refractivity contribution in [1.29, 1.82) is 0 Å². The smallest absolute Gasteiger partial charge is 0.221 e. The van der Waals surface area contributed by atoms with Crippen LogP contribution < -0.4 is 15.8 Å². The van der Waals surface area contributed by atoms with E-state index in [-0.39, 0.29) is 0 Å². The van der Waals surface area contributed by atoms with Crippen LogP contribution in [0.15, 0.2) is 6.33 Å². The number of rotatable bonds is 6. The van der Waals surface area contributed by atoms with Crippen molar-refractivity contribution in [3.05, 3.63) is 11.9 Å². The molecule has 5 heteroatoms. The van der Waals surface area contributed by atoms with Crippen LogP contribution in [0.5, 0.6) is 5.88 Å². The van der Waals surface area contributed by atoms with E-state index in [4.69, 9.17) is 10.5 Å². The second-order valence-corrected chi connectivity index (χ2v) is 3.81. The number of nitrogens with two attached hydrogens (primary N) is 1. The van der Waals surface area contributed by atoms with Crippen LogP contribution in [0.1, 0.15) is 19.4 Å². The average Bonchev–Trinajstić information content (AvgIpc) is 2.30. The summed E-state index contributed by atoms with van der Waals surface area (Å²) in [6.07, 6.45) is 1.51. The summed E-state index contributed by atoms with van der Waals surface area (Å²) in [7, 11) is 0. The lowest BCUT2D eigenvalue weighted by atomic mass is 10.2. The van der Waals surface area contributed by atoms with Gasteiger partial charge in [0.15, 0.2) is 0 Å². The van der Waals surface area contributed by atoms with Crippen LogP contribution in [-0.2, 0) is 0 Å². The molecule has 0 aromatic carbocycles. The molecule has 0 bridgehead atoms. The number of nitrogens with one attached hydrogen (secondary N) is 1. The molecule has 90 valence electrons. The molecule has 3 N–H and O–H groups in total. The third kappa shape index (κ3) is 3.34. The van der Waals surface area contributed by atoms with Gasteiger partial charge in [0.1, 0.15) is 12.1 Å². The van der Waals surface area contributed by atoms with Crippen molar-refractivity contribution in [2.75, 3.05) is 25.0 Å². The SMILES string of the molecule is CCOc1ncnc(NCC(C)CN)c1C. The molecule has 1 unspecified atom stereocenters. The minimum absolute atomic E-state index is 0.421. The molecule has 1 aromatic heterocycles. The number of ether oxygens (including phenoxy) is 1. The van der Waals surface area contributed by atoms with E-state index in [9.17, 15) is 0 Å². The third-order valence-corrected chi connectivity index (χ3v) is 2.34. The van der Waals surface area contributed by atoms with E-state index in [1.807, 2.05) is 13.8 Å². The predicted octanol–water partition coefficient (Wildman–Crippen LogP) is 1.19.